The van der Waals surface area contributed by atoms with E-state index in [9.17, 15) is 9.59 Å². The largest absolute Gasteiger partial charge is 0.378 e. The molecule has 0 radical (unpaired) electrons. The number of fused-ring (bicyclic) bond motifs is 1. The molecular weight excluding hydrogens is 294 g/mol. The number of H-pyrrole nitrogens is 1. The molecule has 0 bridgehead atoms. The minimum absolute atomic E-state index is 0.0593. The first-order valence-corrected chi connectivity index (χ1v) is 7.89. The van der Waals surface area contributed by atoms with Crippen LogP contribution >= 0.6 is 0 Å². The second kappa shape index (κ2) is 6.93. The van der Waals surface area contributed by atoms with E-state index in [1.54, 1.807) is 0 Å². The van der Waals surface area contributed by atoms with Crippen molar-refractivity contribution in [2.24, 2.45) is 0 Å². The Morgan fingerprint density at radius 1 is 1.43 bits per heavy atom. The van der Waals surface area contributed by atoms with Gasteiger partial charge in [-0.3, -0.25) is 14.5 Å². The SMILES string of the molecule is CCN1CCOCC1C(=O)NCc1cc(=O)[nH]c2ccccc12. The molecule has 1 aliphatic rings. The summed E-state index contributed by atoms with van der Waals surface area (Å²) < 4.78 is 5.42. The Kier molecular flexibility index (Phi) is 4.73. The molecule has 0 aliphatic carbocycles. The van der Waals surface area contributed by atoms with Crippen molar-refractivity contribution >= 4 is 16.8 Å². The highest BCUT2D eigenvalue weighted by Crippen LogP contribution is 2.14. The van der Waals surface area contributed by atoms with Gasteiger partial charge < -0.3 is 15.0 Å². The third-order valence-corrected chi connectivity index (χ3v) is 4.24. The maximum absolute atomic E-state index is 12.4. The van der Waals surface area contributed by atoms with Crippen LogP contribution in [0.5, 0.6) is 0 Å². The second-order valence-corrected chi connectivity index (χ2v) is 5.64. The summed E-state index contributed by atoms with van der Waals surface area (Å²) >= 11 is 0. The first-order valence-electron chi connectivity index (χ1n) is 7.89. The number of rotatable bonds is 4. The smallest absolute Gasteiger partial charge is 0.248 e. The van der Waals surface area contributed by atoms with Crippen molar-refractivity contribution in [1.29, 1.82) is 0 Å². The van der Waals surface area contributed by atoms with Crippen LogP contribution < -0.4 is 10.9 Å². The number of aromatic amines is 1. The van der Waals surface area contributed by atoms with Gasteiger partial charge in [0.2, 0.25) is 11.5 Å². The van der Waals surface area contributed by atoms with Crippen LogP contribution in [0.2, 0.25) is 0 Å². The molecule has 2 aromatic rings. The summed E-state index contributed by atoms with van der Waals surface area (Å²) in [6, 6.07) is 8.86. The van der Waals surface area contributed by atoms with E-state index >= 15 is 0 Å². The average Bonchev–Trinajstić information content (AvgIpc) is 2.59. The first kappa shape index (κ1) is 15.7. The topological polar surface area (TPSA) is 74.4 Å². The Morgan fingerprint density at radius 2 is 2.26 bits per heavy atom. The number of carbonyl (C=O) groups excluding carboxylic acids is 1. The zero-order chi connectivity index (χ0) is 16.2. The fraction of sp³-hybridized carbons (Fsp3) is 0.412. The Bertz CT molecular complexity index is 756. The molecule has 2 heterocycles. The van der Waals surface area contributed by atoms with Gasteiger partial charge in [-0.25, -0.2) is 0 Å². The van der Waals surface area contributed by atoms with E-state index in [4.69, 9.17) is 4.74 Å². The van der Waals surface area contributed by atoms with E-state index in [2.05, 4.69) is 15.2 Å². The lowest BCUT2D eigenvalue weighted by atomic mass is 10.1. The van der Waals surface area contributed by atoms with Crippen LogP contribution in [-0.2, 0) is 16.1 Å². The number of benzene rings is 1. The molecule has 2 N–H and O–H groups in total. The highest BCUT2D eigenvalue weighted by Gasteiger charge is 2.28. The van der Waals surface area contributed by atoms with Gasteiger partial charge >= 0.3 is 0 Å². The molecule has 23 heavy (non-hydrogen) atoms. The van der Waals surface area contributed by atoms with Crippen LogP contribution in [-0.4, -0.2) is 48.1 Å². The second-order valence-electron chi connectivity index (χ2n) is 5.64. The summed E-state index contributed by atoms with van der Waals surface area (Å²) in [6.45, 7) is 5.02. The standard InChI is InChI=1S/C17H21N3O3/c1-2-20-7-8-23-11-15(20)17(22)18-10-12-9-16(21)19-14-6-4-3-5-13(12)14/h3-6,9,15H,2,7-8,10-11H2,1H3,(H,18,22)(H,19,21). The summed E-state index contributed by atoms with van der Waals surface area (Å²) in [5.41, 5.74) is 1.43. The molecular formula is C17H21N3O3. The Morgan fingerprint density at radius 3 is 3.09 bits per heavy atom. The molecule has 1 unspecified atom stereocenters. The number of para-hydroxylation sites is 1. The maximum Gasteiger partial charge on any atom is 0.248 e. The lowest BCUT2D eigenvalue weighted by Crippen LogP contribution is -2.53. The molecule has 0 spiro atoms. The van der Waals surface area contributed by atoms with Crippen molar-refractivity contribution in [3.05, 3.63) is 46.2 Å². The quantitative estimate of drug-likeness (QED) is 0.878. The van der Waals surface area contributed by atoms with Gasteiger partial charge in [-0.1, -0.05) is 25.1 Å². The van der Waals surface area contributed by atoms with Crippen molar-refractivity contribution < 1.29 is 9.53 Å². The number of nitrogens with zero attached hydrogens (tertiary/aromatic N) is 1. The van der Waals surface area contributed by atoms with Gasteiger partial charge in [-0.2, -0.15) is 0 Å². The van der Waals surface area contributed by atoms with E-state index in [1.165, 1.54) is 6.07 Å². The Balaban J connectivity index is 1.75. The molecule has 1 fully saturated rings. The van der Waals surface area contributed by atoms with Gasteiger partial charge in [-0.05, 0) is 18.2 Å². The third-order valence-electron chi connectivity index (χ3n) is 4.24. The molecule has 6 heteroatoms. The zero-order valence-electron chi connectivity index (χ0n) is 13.2. The maximum atomic E-state index is 12.4. The molecule has 122 valence electrons. The normalized spacial score (nSPS) is 18.9. The number of hydrogen-bond acceptors (Lipinski definition) is 4. The van der Waals surface area contributed by atoms with E-state index in [0.717, 1.165) is 29.6 Å². The molecule has 0 saturated carbocycles. The predicted octanol–water partition coefficient (Wildman–Crippen LogP) is 0.865. The lowest BCUT2D eigenvalue weighted by Gasteiger charge is -2.33. The number of hydrogen-bond donors (Lipinski definition) is 2. The van der Waals surface area contributed by atoms with Crippen LogP contribution in [0.15, 0.2) is 35.1 Å². The van der Waals surface area contributed by atoms with Gasteiger partial charge in [0.25, 0.3) is 0 Å². The first-order chi connectivity index (χ1) is 11.2. The summed E-state index contributed by atoms with van der Waals surface area (Å²) in [6.07, 6.45) is 0. The van der Waals surface area contributed by atoms with Crippen LogP contribution in [0.1, 0.15) is 12.5 Å². The monoisotopic (exact) mass is 315 g/mol. The fourth-order valence-corrected chi connectivity index (χ4v) is 2.98. The average molecular weight is 315 g/mol. The molecule has 1 amide bonds. The number of aromatic nitrogens is 1. The third kappa shape index (κ3) is 3.43. The van der Waals surface area contributed by atoms with Gasteiger partial charge in [0.05, 0.1) is 13.2 Å². The van der Waals surface area contributed by atoms with Crippen molar-refractivity contribution in [2.45, 2.75) is 19.5 Å². The van der Waals surface area contributed by atoms with Crippen LogP contribution in [0.4, 0.5) is 0 Å². The van der Waals surface area contributed by atoms with Crippen molar-refractivity contribution in [3.63, 3.8) is 0 Å². The minimum atomic E-state index is -0.262. The summed E-state index contributed by atoms with van der Waals surface area (Å²) in [5, 5.41) is 3.88. The van der Waals surface area contributed by atoms with Gasteiger partial charge in [-0.15, -0.1) is 0 Å². The fourth-order valence-electron chi connectivity index (χ4n) is 2.98. The van der Waals surface area contributed by atoms with E-state index in [-0.39, 0.29) is 17.5 Å². The molecule has 1 atom stereocenters. The van der Waals surface area contributed by atoms with Crippen molar-refractivity contribution in [2.75, 3.05) is 26.3 Å². The molecule has 1 saturated heterocycles. The number of likely N-dealkylation sites (N-methyl/N-ethyl adjacent to an activating group) is 1. The summed E-state index contributed by atoms with van der Waals surface area (Å²) in [5.74, 6) is -0.0593. The van der Waals surface area contributed by atoms with Gasteiger partial charge in [0.15, 0.2) is 0 Å². The van der Waals surface area contributed by atoms with E-state index in [0.29, 0.717) is 19.8 Å². The number of morpholine rings is 1. The van der Waals surface area contributed by atoms with Crippen LogP contribution in [0.25, 0.3) is 10.9 Å². The van der Waals surface area contributed by atoms with Gasteiger partial charge in [0.1, 0.15) is 6.04 Å². The highest BCUT2D eigenvalue weighted by atomic mass is 16.5. The number of ether oxygens (including phenoxy) is 1. The summed E-state index contributed by atoms with van der Waals surface area (Å²) in [7, 11) is 0. The predicted molar refractivity (Wildman–Crippen MR) is 88.3 cm³/mol. The van der Waals surface area contributed by atoms with Gasteiger partial charge in [0, 0.05) is 30.1 Å². The molecule has 1 aliphatic heterocycles. The number of carbonyl (C=O) groups is 1. The number of pyridine rings is 1. The Labute approximate surface area is 134 Å². The highest BCUT2D eigenvalue weighted by molar-refractivity contribution is 5.84. The van der Waals surface area contributed by atoms with Crippen LogP contribution in [0, 0.1) is 0 Å². The van der Waals surface area contributed by atoms with Crippen molar-refractivity contribution in [1.82, 2.24) is 15.2 Å². The lowest BCUT2D eigenvalue weighted by molar-refractivity contribution is -0.132. The molecule has 6 nitrogen and oxygen atoms in total. The number of amides is 1. The van der Waals surface area contributed by atoms with E-state index in [1.807, 2.05) is 31.2 Å². The molecule has 1 aromatic carbocycles. The summed E-state index contributed by atoms with van der Waals surface area (Å²) in [4.78, 5) is 29.1. The van der Waals surface area contributed by atoms with E-state index < -0.39 is 0 Å². The number of nitrogens with one attached hydrogen (secondary N) is 2. The van der Waals surface area contributed by atoms with Crippen molar-refractivity contribution in [3.8, 4) is 0 Å². The van der Waals surface area contributed by atoms with Crippen LogP contribution in [0.3, 0.4) is 0 Å². The minimum Gasteiger partial charge on any atom is -0.378 e. The zero-order valence-corrected chi connectivity index (χ0v) is 13.2. The Hall–Kier alpha value is -2.18. The molecule has 1 aromatic heterocycles. The molecule has 3 rings (SSSR count).